The molecule has 1 amide bonds. The van der Waals surface area contributed by atoms with Crippen LogP contribution in [0.3, 0.4) is 0 Å². The third kappa shape index (κ3) is 4.38. The monoisotopic (exact) mass is 486 g/mol. The highest BCUT2D eigenvalue weighted by Gasteiger charge is 2.53. The molecule has 2 aromatic rings. The van der Waals surface area contributed by atoms with Gasteiger partial charge in [0, 0.05) is 12.0 Å². The number of halogens is 3. The molecule has 1 aliphatic heterocycles. The highest BCUT2D eigenvalue weighted by atomic mass is 32.2. The first-order valence-electron chi connectivity index (χ1n) is 9.22. The smallest absolute Gasteiger partial charge is 0.407 e. The lowest BCUT2D eigenvalue weighted by Gasteiger charge is -2.24. The number of hydrogen-bond acceptors (Lipinski definition) is 7. The van der Waals surface area contributed by atoms with Gasteiger partial charge in [0.25, 0.3) is 15.9 Å². The molecule has 13 heteroatoms. The zero-order valence-electron chi connectivity index (χ0n) is 17.5. The number of carbonyl (C=O) groups excluding carboxylic acids is 2. The Kier molecular flexibility index (Phi) is 5.93. The van der Waals surface area contributed by atoms with Crippen LogP contribution in [0.25, 0.3) is 4.85 Å². The Morgan fingerprint density at radius 1 is 1.27 bits per heavy atom. The summed E-state index contributed by atoms with van der Waals surface area (Å²) in [6.07, 6.45) is -6.29. The van der Waals surface area contributed by atoms with Crippen LogP contribution in [0.1, 0.15) is 30.0 Å². The summed E-state index contributed by atoms with van der Waals surface area (Å²) in [5.41, 5.74) is -3.03. The lowest BCUT2D eigenvalue weighted by atomic mass is 9.89. The van der Waals surface area contributed by atoms with Crippen molar-refractivity contribution in [3.8, 4) is 5.75 Å². The Bertz CT molecular complexity index is 1260. The Morgan fingerprint density at radius 3 is 2.52 bits per heavy atom. The van der Waals surface area contributed by atoms with E-state index in [4.69, 9.17) is 15.7 Å². The van der Waals surface area contributed by atoms with Crippen molar-refractivity contribution in [1.82, 2.24) is 4.31 Å². The molecular weight excluding hydrogens is 469 g/mol. The number of benzene rings is 1. The zero-order chi connectivity index (χ0) is 24.8. The van der Waals surface area contributed by atoms with E-state index >= 15 is 0 Å². The third-order valence-corrected chi connectivity index (χ3v) is 6.51. The van der Waals surface area contributed by atoms with Gasteiger partial charge < -0.3 is 13.9 Å². The number of methoxy groups -OCH3 is 1. The van der Waals surface area contributed by atoms with E-state index in [9.17, 15) is 31.2 Å². The van der Waals surface area contributed by atoms with Gasteiger partial charge in [-0.3, -0.25) is 4.79 Å². The van der Waals surface area contributed by atoms with Crippen molar-refractivity contribution in [2.75, 3.05) is 13.7 Å². The summed E-state index contributed by atoms with van der Waals surface area (Å²) in [5, 5.41) is -0.687. The number of ether oxygens (including phenoxy) is 2. The maximum absolute atomic E-state index is 13.3. The second-order valence-corrected chi connectivity index (χ2v) is 9.53. The molecule has 0 radical (unpaired) electrons. The first-order chi connectivity index (χ1) is 15.2. The summed E-state index contributed by atoms with van der Waals surface area (Å²) in [7, 11) is -3.47. The number of sulfonamides is 1. The standard InChI is InChI=1S/C20H17F3N2O7S/c1-19(2)10-25(33(28,29)15-8-7-14(32-15)18(27)30-4)17(26)16(19)31-11-5-6-13(24-3)12(9-11)20(21,22)23/h5-9,16H,10H2,1-2,4H3. The molecule has 176 valence electrons. The molecule has 0 aliphatic carbocycles. The van der Waals surface area contributed by atoms with Gasteiger partial charge in [-0.1, -0.05) is 19.9 Å². The predicted octanol–water partition coefficient (Wildman–Crippen LogP) is 3.64. The molecule has 33 heavy (non-hydrogen) atoms. The minimum absolute atomic E-state index is 0.355. The Balaban J connectivity index is 1.93. The molecule has 2 heterocycles. The molecule has 0 N–H and O–H groups in total. The predicted molar refractivity (Wildman–Crippen MR) is 105 cm³/mol. The van der Waals surface area contributed by atoms with Crippen molar-refractivity contribution in [3.05, 3.63) is 53.1 Å². The van der Waals surface area contributed by atoms with Gasteiger partial charge in [-0.15, -0.1) is 0 Å². The third-order valence-electron chi connectivity index (χ3n) is 4.89. The molecule has 9 nitrogen and oxygen atoms in total. The van der Waals surface area contributed by atoms with Gasteiger partial charge in [-0.25, -0.2) is 13.9 Å². The molecule has 1 aliphatic rings. The second kappa shape index (κ2) is 8.11. The highest BCUT2D eigenvalue weighted by molar-refractivity contribution is 7.89. The average Bonchev–Trinajstić information content (AvgIpc) is 3.32. The van der Waals surface area contributed by atoms with Crippen molar-refractivity contribution >= 4 is 27.6 Å². The fourth-order valence-electron chi connectivity index (χ4n) is 3.24. The number of furan rings is 1. The van der Waals surface area contributed by atoms with Crippen LogP contribution < -0.4 is 4.74 Å². The lowest BCUT2D eigenvalue weighted by molar-refractivity contribution is -0.137. The van der Waals surface area contributed by atoms with Crippen LogP contribution in [-0.4, -0.2) is 44.4 Å². The SMILES string of the molecule is [C-]#[N+]c1ccc(OC2C(=O)N(S(=O)(=O)c3ccc(C(=O)OC)o3)CC2(C)C)cc1C(F)(F)F. The normalized spacial score (nSPS) is 18.2. The van der Waals surface area contributed by atoms with Gasteiger partial charge in [-0.2, -0.15) is 21.6 Å². The van der Waals surface area contributed by atoms with E-state index in [0.717, 1.165) is 31.4 Å². The zero-order valence-corrected chi connectivity index (χ0v) is 18.3. The van der Waals surface area contributed by atoms with Gasteiger partial charge in [0.05, 0.1) is 19.2 Å². The Hall–Kier alpha value is -3.53. The summed E-state index contributed by atoms with van der Waals surface area (Å²) in [4.78, 5) is 27.3. The van der Waals surface area contributed by atoms with Crippen LogP contribution in [0.5, 0.6) is 5.75 Å². The lowest BCUT2D eigenvalue weighted by Crippen LogP contribution is -2.38. The first-order valence-corrected chi connectivity index (χ1v) is 10.7. The summed E-state index contributed by atoms with van der Waals surface area (Å²) in [6.45, 7) is 9.54. The molecule has 1 unspecified atom stereocenters. The number of hydrogen-bond donors (Lipinski definition) is 0. The van der Waals surface area contributed by atoms with Crippen LogP contribution in [0.2, 0.25) is 0 Å². The van der Waals surface area contributed by atoms with E-state index < -0.39 is 61.7 Å². The highest BCUT2D eigenvalue weighted by Crippen LogP contribution is 2.41. The van der Waals surface area contributed by atoms with Crippen LogP contribution in [0.4, 0.5) is 18.9 Å². The number of esters is 1. The number of alkyl halides is 3. The number of nitrogens with zero attached hydrogens (tertiary/aromatic N) is 2. The quantitative estimate of drug-likeness (QED) is 0.469. The summed E-state index contributed by atoms with van der Waals surface area (Å²) >= 11 is 0. The second-order valence-electron chi connectivity index (χ2n) is 7.74. The minimum atomic E-state index is -4.83. The number of carbonyl (C=O) groups is 2. The molecular formula is C20H17F3N2O7S. The van der Waals surface area contributed by atoms with Crippen molar-refractivity contribution in [2.45, 2.75) is 31.2 Å². The van der Waals surface area contributed by atoms with Crippen molar-refractivity contribution < 1.29 is 45.1 Å². The van der Waals surface area contributed by atoms with Crippen LogP contribution >= 0.6 is 0 Å². The number of rotatable bonds is 5. The van der Waals surface area contributed by atoms with Crippen LogP contribution in [0, 0.1) is 12.0 Å². The molecule has 0 saturated carbocycles. The van der Waals surface area contributed by atoms with Gasteiger partial charge in [0.1, 0.15) is 5.75 Å². The van der Waals surface area contributed by atoms with Crippen molar-refractivity contribution in [2.24, 2.45) is 5.41 Å². The van der Waals surface area contributed by atoms with E-state index in [0.29, 0.717) is 10.4 Å². The topological polar surface area (TPSA) is 107 Å². The van der Waals surface area contributed by atoms with Crippen LogP contribution in [0.15, 0.2) is 39.8 Å². The van der Waals surface area contributed by atoms with Crippen LogP contribution in [-0.2, 0) is 25.7 Å². The van der Waals surface area contributed by atoms with Gasteiger partial charge in [-0.05, 0) is 24.3 Å². The van der Waals surface area contributed by atoms with E-state index in [1.807, 2.05) is 0 Å². The Labute approximate surface area is 186 Å². The molecule has 0 spiro atoms. The van der Waals surface area contributed by atoms with Gasteiger partial charge in [0.15, 0.2) is 11.8 Å². The van der Waals surface area contributed by atoms with E-state index in [-0.39, 0.29) is 12.3 Å². The molecule has 1 aromatic carbocycles. The molecule has 0 bridgehead atoms. The summed E-state index contributed by atoms with van der Waals surface area (Å²) in [5.74, 6) is -2.70. The fourth-order valence-corrected chi connectivity index (χ4v) is 4.72. The van der Waals surface area contributed by atoms with Crippen molar-refractivity contribution in [3.63, 3.8) is 0 Å². The summed E-state index contributed by atoms with van der Waals surface area (Å²) in [6, 6.07) is 4.63. The van der Waals surface area contributed by atoms with Gasteiger partial charge >= 0.3 is 12.1 Å². The fraction of sp³-hybridized carbons (Fsp3) is 0.350. The maximum atomic E-state index is 13.3. The maximum Gasteiger partial charge on any atom is 0.407 e. The van der Waals surface area contributed by atoms with E-state index in [1.165, 1.54) is 13.8 Å². The molecule has 1 fully saturated rings. The summed E-state index contributed by atoms with van der Waals surface area (Å²) < 4.78 is 81.1. The molecule has 1 atom stereocenters. The van der Waals surface area contributed by atoms with E-state index in [1.54, 1.807) is 0 Å². The molecule has 1 saturated heterocycles. The number of amides is 1. The van der Waals surface area contributed by atoms with Crippen molar-refractivity contribution in [1.29, 1.82) is 0 Å². The largest absolute Gasteiger partial charge is 0.480 e. The first kappa shape index (κ1) is 24.1. The van der Waals surface area contributed by atoms with Gasteiger partial charge in [0.2, 0.25) is 10.9 Å². The Morgan fingerprint density at radius 2 is 1.94 bits per heavy atom. The molecule has 1 aromatic heterocycles. The molecule has 3 rings (SSSR count). The minimum Gasteiger partial charge on any atom is -0.480 e. The average molecular weight is 486 g/mol. The van der Waals surface area contributed by atoms with E-state index in [2.05, 4.69) is 9.58 Å².